The Bertz CT molecular complexity index is 312. The highest BCUT2D eigenvalue weighted by molar-refractivity contribution is 5.76. The standard InChI is InChI=1S/C10H15N3O/c11-6-5-10(14)13-7-8-3-1-2-4-9(8)12/h1-4H,5-7,11-12H2,(H,13,14). The van der Waals surface area contributed by atoms with Gasteiger partial charge in [0.25, 0.3) is 0 Å². The third kappa shape index (κ3) is 3.06. The number of benzene rings is 1. The third-order valence-electron chi connectivity index (χ3n) is 1.90. The number of para-hydroxylation sites is 1. The van der Waals surface area contributed by atoms with E-state index in [1.165, 1.54) is 0 Å². The summed E-state index contributed by atoms with van der Waals surface area (Å²) in [6.07, 6.45) is 0.354. The van der Waals surface area contributed by atoms with E-state index in [0.717, 1.165) is 5.56 Å². The molecule has 5 N–H and O–H groups in total. The second kappa shape index (κ2) is 5.24. The smallest absolute Gasteiger partial charge is 0.221 e. The summed E-state index contributed by atoms with van der Waals surface area (Å²) >= 11 is 0. The van der Waals surface area contributed by atoms with Gasteiger partial charge in [-0.15, -0.1) is 0 Å². The topological polar surface area (TPSA) is 81.1 Å². The zero-order chi connectivity index (χ0) is 10.4. The first-order valence-corrected chi connectivity index (χ1v) is 4.54. The minimum atomic E-state index is -0.0456. The maximum absolute atomic E-state index is 11.1. The van der Waals surface area contributed by atoms with E-state index in [-0.39, 0.29) is 5.91 Å². The molecular formula is C10H15N3O. The number of amides is 1. The van der Waals surface area contributed by atoms with Crippen LogP contribution < -0.4 is 16.8 Å². The molecular weight excluding hydrogens is 178 g/mol. The fraction of sp³-hybridized carbons (Fsp3) is 0.300. The average molecular weight is 193 g/mol. The quantitative estimate of drug-likeness (QED) is 0.599. The van der Waals surface area contributed by atoms with Gasteiger partial charge in [-0.1, -0.05) is 18.2 Å². The molecule has 0 aliphatic carbocycles. The van der Waals surface area contributed by atoms with Crippen LogP contribution in [0.2, 0.25) is 0 Å². The number of nitrogens with two attached hydrogens (primary N) is 2. The third-order valence-corrected chi connectivity index (χ3v) is 1.90. The Morgan fingerprint density at radius 2 is 2.07 bits per heavy atom. The Kier molecular flexibility index (Phi) is 3.94. The first-order valence-electron chi connectivity index (χ1n) is 4.54. The first-order chi connectivity index (χ1) is 6.74. The van der Waals surface area contributed by atoms with Crippen molar-refractivity contribution < 1.29 is 4.79 Å². The minimum Gasteiger partial charge on any atom is -0.398 e. The van der Waals surface area contributed by atoms with Crippen LogP contribution in [0.1, 0.15) is 12.0 Å². The molecule has 1 aromatic rings. The molecule has 0 saturated carbocycles. The summed E-state index contributed by atoms with van der Waals surface area (Å²) in [5.41, 5.74) is 12.6. The number of nitrogen functional groups attached to an aromatic ring is 1. The second-order valence-electron chi connectivity index (χ2n) is 3.01. The van der Waals surface area contributed by atoms with E-state index >= 15 is 0 Å². The van der Waals surface area contributed by atoms with Crippen LogP contribution in [0.4, 0.5) is 5.69 Å². The number of hydrogen-bond donors (Lipinski definition) is 3. The summed E-state index contributed by atoms with van der Waals surface area (Å²) in [4.78, 5) is 11.1. The Morgan fingerprint density at radius 1 is 1.36 bits per heavy atom. The van der Waals surface area contributed by atoms with Crippen LogP contribution in [0.3, 0.4) is 0 Å². The van der Waals surface area contributed by atoms with E-state index in [1.807, 2.05) is 24.3 Å². The molecule has 0 saturated heterocycles. The lowest BCUT2D eigenvalue weighted by Crippen LogP contribution is -2.25. The summed E-state index contributed by atoms with van der Waals surface area (Å²) in [7, 11) is 0. The zero-order valence-corrected chi connectivity index (χ0v) is 7.99. The average Bonchev–Trinajstić information content (AvgIpc) is 2.17. The lowest BCUT2D eigenvalue weighted by Gasteiger charge is -2.06. The summed E-state index contributed by atoms with van der Waals surface area (Å²) in [6.45, 7) is 0.835. The highest BCUT2D eigenvalue weighted by Gasteiger charge is 2.01. The van der Waals surface area contributed by atoms with E-state index < -0.39 is 0 Å². The van der Waals surface area contributed by atoms with Crippen LogP contribution in [0, 0.1) is 0 Å². The molecule has 0 spiro atoms. The molecule has 0 radical (unpaired) electrons. The molecule has 4 heteroatoms. The van der Waals surface area contributed by atoms with Gasteiger partial charge in [0.2, 0.25) is 5.91 Å². The molecule has 14 heavy (non-hydrogen) atoms. The van der Waals surface area contributed by atoms with E-state index in [0.29, 0.717) is 25.2 Å². The number of rotatable bonds is 4. The van der Waals surface area contributed by atoms with Crippen molar-refractivity contribution in [2.24, 2.45) is 5.73 Å². The molecule has 0 aliphatic heterocycles. The fourth-order valence-electron chi connectivity index (χ4n) is 1.11. The van der Waals surface area contributed by atoms with E-state index in [9.17, 15) is 4.79 Å². The Hall–Kier alpha value is -1.55. The van der Waals surface area contributed by atoms with Gasteiger partial charge in [-0.3, -0.25) is 4.79 Å². The number of hydrogen-bond acceptors (Lipinski definition) is 3. The van der Waals surface area contributed by atoms with Gasteiger partial charge in [0.05, 0.1) is 0 Å². The molecule has 76 valence electrons. The Morgan fingerprint density at radius 3 is 2.71 bits per heavy atom. The van der Waals surface area contributed by atoms with E-state index in [2.05, 4.69) is 5.32 Å². The van der Waals surface area contributed by atoms with Crippen molar-refractivity contribution in [1.29, 1.82) is 0 Å². The molecule has 0 aromatic heterocycles. The Labute approximate surface area is 83.3 Å². The molecule has 0 atom stereocenters. The second-order valence-corrected chi connectivity index (χ2v) is 3.01. The maximum Gasteiger partial charge on any atom is 0.221 e. The Balaban J connectivity index is 2.46. The van der Waals surface area contributed by atoms with Gasteiger partial charge in [0.1, 0.15) is 0 Å². The van der Waals surface area contributed by atoms with Crippen molar-refractivity contribution >= 4 is 11.6 Å². The van der Waals surface area contributed by atoms with Crippen LogP contribution in [0.25, 0.3) is 0 Å². The predicted molar refractivity (Wildman–Crippen MR) is 56.4 cm³/mol. The van der Waals surface area contributed by atoms with Crippen molar-refractivity contribution in [3.8, 4) is 0 Å². The van der Waals surface area contributed by atoms with Crippen molar-refractivity contribution in [2.75, 3.05) is 12.3 Å². The highest BCUT2D eigenvalue weighted by Crippen LogP contribution is 2.09. The molecule has 0 heterocycles. The molecule has 1 aromatic carbocycles. The number of nitrogens with one attached hydrogen (secondary N) is 1. The molecule has 0 aliphatic rings. The maximum atomic E-state index is 11.1. The number of carbonyl (C=O) groups excluding carboxylic acids is 1. The fourth-order valence-corrected chi connectivity index (χ4v) is 1.11. The summed E-state index contributed by atoms with van der Waals surface area (Å²) in [6, 6.07) is 7.45. The van der Waals surface area contributed by atoms with Gasteiger partial charge in [-0.05, 0) is 11.6 Å². The SMILES string of the molecule is NCCC(=O)NCc1ccccc1N. The van der Waals surface area contributed by atoms with E-state index in [1.54, 1.807) is 0 Å². The van der Waals surface area contributed by atoms with Gasteiger partial charge < -0.3 is 16.8 Å². The summed E-state index contributed by atoms with van der Waals surface area (Å²) in [5.74, 6) is -0.0456. The molecule has 0 fully saturated rings. The van der Waals surface area contributed by atoms with E-state index in [4.69, 9.17) is 11.5 Å². The van der Waals surface area contributed by atoms with Gasteiger partial charge in [-0.25, -0.2) is 0 Å². The van der Waals surface area contributed by atoms with Crippen molar-refractivity contribution in [1.82, 2.24) is 5.32 Å². The molecule has 1 rings (SSSR count). The highest BCUT2D eigenvalue weighted by atomic mass is 16.1. The largest absolute Gasteiger partial charge is 0.398 e. The molecule has 0 bridgehead atoms. The zero-order valence-electron chi connectivity index (χ0n) is 7.99. The van der Waals surface area contributed by atoms with Gasteiger partial charge >= 0.3 is 0 Å². The number of carbonyl (C=O) groups is 1. The molecule has 0 unspecified atom stereocenters. The van der Waals surface area contributed by atoms with Crippen molar-refractivity contribution in [2.45, 2.75) is 13.0 Å². The summed E-state index contributed by atoms with van der Waals surface area (Å²) in [5, 5.41) is 2.74. The van der Waals surface area contributed by atoms with Gasteiger partial charge in [0.15, 0.2) is 0 Å². The number of anilines is 1. The van der Waals surface area contributed by atoms with Gasteiger partial charge in [0, 0.05) is 25.2 Å². The van der Waals surface area contributed by atoms with Gasteiger partial charge in [-0.2, -0.15) is 0 Å². The predicted octanol–water partition coefficient (Wildman–Crippen LogP) is 0.234. The molecule has 1 amide bonds. The summed E-state index contributed by atoms with van der Waals surface area (Å²) < 4.78 is 0. The van der Waals surface area contributed by atoms with Crippen molar-refractivity contribution in [3.05, 3.63) is 29.8 Å². The monoisotopic (exact) mass is 193 g/mol. The molecule has 4 nitrogen and oxygen atoms in total. The van der Waals surface area contributed by atoms with Crippen LogP contribution in [-0.4, -0.2) is 12.5 Å². The van der Waals surface area contributed by atoms with Crippen LogP contribution in [-0.2, 0) is 11.3 Å². The van der Waals surface area contributed by atoms with Crippen LogP contribution >= 0.6 is 0 Å². The van der Waals surface area contributed by atoms with Crippen molar-refractivity contribution in [3.63, 3.8) is 0 Å². The lowest BCUT2D eigenvalue weighted by atomic mass is 10.2. The minimum absolute atomic E-state index is 0.0456. The van der Waals surface area contributed by atoms with Crippen LogP contribution in [0.15, 0.2) is 24.3 Å². The van der Waals surface area contributed by atoms with Crippen LogP contribution in [0.5, 0.6) is 0 Å². The lowest BCUT2D eigenvalue weighted by molar-refractivity contribution is -0.121. The normalized spacial score (nSPS) is 9.79. The first kappa shape index (κ1) is 10.5.